The quantitative estimate of drug-likeness (QED) is 0.871. The van der Waals surface area contributed by atoms with E-state index in [1.165, 1.54) is 11.8 Å². The lowest BCUT2D eigenvalue weighted by Crippen LogP contribution is -1.88. The van der Waals surface area contributed by atoms with Crippen LogP contribution in [0.15, 0.2) is 26.2 Å². The first-order valence-electron chi connectivity index (χ1n) is 3.28. The predicted molar refractivity (Wildman–Crippen MR) is 57.4 cm³/mol. The van der Waals surface area contributed by atoms with E-state index < -0.39 is 0 Å². The van der Waals surface area contributed by atoms with E-state index in [1.807, 2.05) is 6.07 Å². The van der Waals surface area contributed by atoms with Gasteiger partial charge in [0.2, 0.25) is 0 Å². The van der Waals surface area contributed by atoms with Gasteiger partial charge in [0, 0.05) is 16.4 Å². The van der Waals surface area contributed by atoms with Crippen molar-refractivity contribution in [3.63, 3.8) is 0 Å². The third kappa shape index (κ3) is 3.05. The largest absolute Gasteiger partial charge is 0.396 e. The molecule has 0 bridgehead atoms. The Morgan fingerprint density at radius 3 is 2.83 bits per heavy atom. The van der Waals surface area contributed by atoms with Crippen molar-refractivity contribution in [1.82, 2.24) is 4.98 Å². The summed E-state index contributed by atoms with van der Waals surface area (Å²) in [5.41, 5.74) is 0. The zero-order valence-corrected chi connectivity index (χ0v) is 10.1. The Kier molecular flexibility index (Phi) is 4.56. The highest BCUT2D eigenvalue weighted by atomic mass is 79.9. The van der Waals surface area contributed by atoms with E-state index in [0.717, 1.165) is 14.0 Å². The molecule has 1 rings (SSSR count). The molecule has 0 saturated heterocycles. The minimum Gasteiger partial charge on any atom is -0.396 e. The predicted octanol–water partition coefficient (Wildman–Crippen LogP) is 2.69. The summed E-state index contributed by atoms with van der Waals surface area (Å²) in [4.78, 5) is 4.17. The van der Waals surface area contributed by atoms with Crippen LogP contribution < -0.4 is 0 Å². The number of aliphatic hydroxyl groups excluding tert-OH is 1. The van der Waals surface area contributed by atoms with Gasteiger partial charge in [-0.05, 0) is 37.9 Å². The Hall–Kier alpha value is 0.420. The molecule has 1 heterocycles. The molecule has 0 aliphatic heterocycles. The van der Waals surface area contributed by atoms with E-state index >= 15 is 0 Å². The Morgan fingerprint density at radius 2 is 2.25 bits per heavy atom. The summed E-state index contributed by atoms with van der Waals surface area (Å²) >= 11 is 8.22. The van der Waals surface area contributed by atoms with Crippen molar-refractivity contribution in [3.05, 3.63) is 21.2 Å². The molecule has 0 aromatic carbocycles. The number of aromatic nitrogens is 1. The highest BCUT2D eigenvalue weighted by molar-refractivity contribution is 9.11. The normalized spacial score (nSPS) is 10.2. The highest BCUT2D eigenvalue weighted by Crippen LogP contribution is 2.27. The average Bonchev–Trinajstić information content (AvgIpc) is 2.03. The molecule has 0 unspecified atom stereocenters. The molecule has 12 heavy (non-hydrogen) atoms. The standard InChI is InChI=1S/C7H7Br2NOS/c8-5-3-6(9)7(10-4-5)12-2-1-11/h3-4,11H,1-2H2. The molecule has 0 radical (unpaired) electrons. The fourth-order valence-corrected chi connectivity index (χ4v) is 2.59. The van der Waals surface area contributed by atoms with Gasteiger partial charge in [-0.2, -0.15) is 0 Å². The first-order valence-corrected chi connectivity index (χ1v) is 5.86. The SMILES string of the molecule is OCCSc1ncc(Br)cc1Br. The second-order valence-corrected chi connectivity index (χ2v) is 4.87. The summed E-state index contributed by atoms with van der Waals surface area (Å²) in [7, 11) is 0. The maximum absolute atomic E-state index is 8.60. The van der Waals surface area contributed by atoms with E-state index in [1.54, 1.807) is 6.20 Å². The molecular formula is C7H7Br2NOS. The van der Waals surface area contributed by atoms with Gasteiger partial charge in [0.25, 0.3) is 0 Å². The summed E-state index contributed by atoms with van der Waals surface area (Å²) < 4.78 is 1.90. The number of halogens is 2. The van der Waals surface area contributed by atoms with Crippen LogP contribution in [-0.4, -0.2) is 22.5 Å². The molecule has 0 amide bonds. The van der Waals surface area contributed by atoms with Gasteiger partial charge in [0.15, 0.2) is 0 Å². The van der Waals surface area contributed by atoms with Gasteiger partial charge in [-0.1, -0.05) is 0 Å². The Morgan fingerprint density at radius 1 is 1.50 bits per heavy atom. The van der Waals surface area contributed by atoms with Crippen LogP contribution in [0.3, 0.4) is 0 Å². The molecule has 2 nitrogen and oxygen atoms in total. The van der Waals surface area contributed by atoms with Crippen molar-refractivity contribution in [3.8, 4) is 0 Å². The lowest BCUT2D eigenvalue weighted by Gasteiger charge is -2.01. The Balaban J connectivity index is 2.72. The first-order chi connectivity index (χ1) is 5.74. The molecule has 0 aliphatic carbocycles. The van der Waals surface area contributed by atoms with Crippen LogP contribution >= 0.6 is 43.6 Å². The number of aliphatic hydroxyl groups is 1. The van der Waals surface area contributed by atoms with Crippen LogP contribution in [0.2, 0.25) is 0 Å². The van der Waals surface area contributed by atoms with Crippen molar-refractivity contribution in [2.45, 2.75) is 5.03 Å². The summed E-state index contributed by atoms with van der Waals surface area (Å²) in [5, 5.41) is 9.51. The zero-order chi connectivity index (χ0) is 8.97. The maximum Gasteiger partial charge on any atom is 0.110 e. The topological polar surface area (TPSA) is 33.1 Å². The number of pyridine rings is 1. The van der Waals surface area contributed by atoms with Crippen molar-refractivity contribution >= 4 is 43.6 Å². The first kappa shape index (κ1) is 10.5. The second-order valence-electron chi connectivity index (χ2n) is 2.01. The number of rotatable bonds is 3. The van der Waals surface area contributed by atoms with Crippen molar-refractivity contribution in [2.75, 3.05) is 12.4 Å². The van der Waals surface area contributed by atoms with Crippen molar-refractivity contribution in [1.29, 1.82) is 0 Å². The molecule has 0 aliphatic rings. The molecular weight excluding hydrogens is 306 g/mol. The summed E-state index contributed by atoms with van der Waals surface area (Å²) in [6.07, 6.45) is 1.74. The molecule has 66 valence electrons. The van der Waals surface area contributed by atoms with E-state index in [4.69, 9.17) is 5.11 Å². The number of hydrogen-bond acceptors (Lipinski definition) is 3. The van der Waals surface area contributed by atoms with Crippen LogP contribution in [0.25, 0.3) is 0 Å². The molecule has 0 spiro atoms. The minimum absolute atomic E-state index is 0.175. The van der Waals surface area contributed by atoms with Crippen molar-refractivity contribution < 1.29 is 5.11 Å². The fourth-order valence-electron chi connectivity index (χ4n) is 0.651. The molecule has 5 heteroatoms. The maximum atomic E-state index is 8.60. The average molecular weight is 313 g/mol. The van der Waals surface area contributed by atoms with Crippen LogP contribution in [0.5, 0.6) is 0 Å². The lowest BCUT2D eigenvalue weighted by molar-refractivity contribution is 0.322. The number of hydrogen-bond donors (Lipinski definition) is 1. The third-order valence-corrected chi connectivity index (χ3v) is 3.39. The van der Waals surface area contributed by atoms with Gasteiger partial charge < -0.3 is 5.11 Å². The van der Waals surface area contributed by atoms with Crippen LogP contribution in [0.4, 0.5) is 0 Å². The number of nitrogens with zero attached hydrogens (tertiary/aromatic N) is 1. The van der Waals surface area contributed by atoms with E-state index in [0.29, 0.717) is 5.75 Å². The smallest absolute Gasteiger partial charge is 0.110 e. The summed E-state index contributed by atoms with van der Waals surface area (Å²) in [6.45, 7) is 0.175. The van der Waals surface area contributed by atoms with Gasteiger partial charge in [-0.15, -0.1) is 11.8 Å². The zero-order valence-electron chi connectivity index (χ0n) is 6.13. The van der Waals surface area contributed by atoms with Crippen LogP contribution in [0.1, 0.15) is 0 Å². The number of thioether (sulfide) groups is 1. The molecule has 0 saturated carbocycles. The van der Waals surface area contributed by atoms with Gasteiger partial charge >= 0.3 is 0 Å². The summed E-state index contributed by atoms with van der Waals surface area (Å²) in [5.74, 6) is 0.674. The Labute approximate surface area is 92.0 Å². The van der Waals surface area contributed by atoms with E-state index in [2.05, 4.69) is 36.8 Å². The van der Waals surface area contributed by atoms with Gasteiger partial charge in [-0.25, -0.2) is 4.98 Å². The van der Waals surface area contributed by atoms with E-state index in [-0.39, 0.29) is 6.61 Å². The monoisotopic (exact) mass is 311 g/mol. The molecule has 0 fully saturated rings. The van der Waals surface area contributed by atoms with Gasteiger partial charge in [-0.3, -0.25) is 0 Å². The van der Waals surface area contributed by atoms with Gasteiger partial charge in [0.05, 0.1) is 11.1 Å². The Bertz CT molecular complexity index is 270. The lowest BCUT2D eigenvalue weighted by atomic mass is 10.5. The van der Waals surface area contributed by atoms with Crippen LogP contribution in [0, 0.1) is 0 Å². The fraction of sp³-hybridized carbons (Fsp3) is 0.286. The molecule has 0 atom stereocenters. The second kappa shape index (κ2) is 5.21. The third-order valence-electron chi connectivity index (χ3n) is 1.10. The van der Waals surface area contributed by atoms with Crippen molar-refractivity contribution in [2.24, 2.45) is 0 Å². The van der Waals surface area contributed by atoms with Crippen LogP contribution in [-0.2, 0) is 0 Å². The summed E-state index contributed by atoms with van der Waals surface area (Å²) in [6, 6.07) is 1.94. The van der Waals surface area contributed by atoms with E-state index in [9.17, 15) is 0 Å². The molecule has 1 N–H and O–H groups in total. The highest BCUT2D eigenvalue weighted by Gasteiger charge is 2.01. The molecule has 1 aromatic heterocycles. The molecule has 1 aromatic rings. The minimum atomic E-state index is 0.175. The van der Waals surface area contributed by atoms with Gasteiger partial charge in [0.1, 0.15) is 5.03 Å².